The van der Waals surface area contributed by atoms with Crippen LogP contribution in [-0.2, 0) is 4.79 Å². The number of ether oxygens (including phenoxy) is 1. The van der Waals surface area contributed by atoms with Crippen LogP contribution >= 0.6 is 11.6 Å². The van der Waals surface area contributed by atoms with E-state index in [0.717, 1.165) is 12.8 Å². The lowest BCUT2D eigenvalue weighted by Gasteiger charge is -2.08. The molecule has 1 aromatic rings. The van der Waals surface area contributed by atoms with Crippen LogP contribution in [0.15, 0.2) is 24.3 Å². The van der Waals surface area contributed by atoms with Gasteiger partial charge in [-0.15, -0.1) is 0 Å². The number of benzene rings is 1. The van der Waals surface area contributed by atoms with Gasteiger partial charge >= 0.3 is 0 Å². The summed E-state index contributed by atoms with van der Waals surface area (Å²) in [6, 6.07) is 7.06. The van der Waals surface area contributed by atoms with E-state index in [1.54, 1.807) is 18.2 Å². The summed E-state index contributed by atoms with van der Waals surface area (Å²) in [4.78, 5) is 11.4. The summed E-state index contributed by atoms with van der Waals surface area (Å²) in [6.45, 7) is 1.25. The molecule has 17 heavy (non-hydrogen) atoms. The minimum absolute atomic E-state index is 0.0215. The largest absolute Gasteiger partial charge is 0.482 e. The third-order valence-electron chi connectivity index (χ3n) is 2.15. The number of halogens is 1. The van der Waals surface area contributed by atoms with Gasteiger partial charge in [0, 0.05) is 6.54 Å². The number of para-hydroxylation sites is 1. The number of carbonyl (C=O) groups is 1. The van der Waals surface area contributed by atoms with Crippen molar-refractivity contribution in [1.29, 1.82) is 0 Å². The number of nitrogens with one attached hydrogen (secondary N) is 1. The summed E-state index contributed by atoms with van der Waals surface area (Å²) < 4.78 is 5.29. The highest BCUT2D eigenvalue weighted by Gasteiger charge is 2.04. The van der Waals surface area contributed by atoms with E-state index in [1.807, 2.05) is 6.07 Å². The zero-order valence-corrected chi connectivity index (χ0v) is 10.4. The summed E-state index contributed by atoms with van der Waals surface area (Å²) in [5, 5.41) is 3.25. The van der Waals surface area contributed by atoms with E-state index in [0.29, 0.717) is 23.9 Å². The highest BCUT2D eigenvalue weighted by molar-refractivity contribution is 6.32. The van der Waals surface area contributed by atoms with Crippen molar-refractivity contribution in [1.82, 2.24) is 5.32 Å². The van der Waals surface area contributed by atoms with Crippen molar-refractivity contribution >= 4 is 17.5 Å². The molecule has 0 aliphatic heterocycles. The number of rotatable bonds is 7. The van der Waals surface area contributed by atoms with Gasteiger partial charge in [0.15, 0.2) is 6.61 Å². The molecule has 0 bridgehead atoms. The quantitative estimate of drug-likeness (QED) is 0.728. The van der Waals surface area contributed by atoms with E-state index in [1.165, 1.54) is 0 Å². The highest BCUT2D eigenvalue weighted by Crippen LogP contribution is 2.22. The van der Waals surface area contributed by atoms with Gasteiger partial charge in [0.2, 0.25) is 0 Å². The first-order valence-electron chi connectivity index (χ1n) is 5.58. The van der Waals surface area contributed by atoms with Crippen molar-refractivity contribution in [2.45, 2.75) is 12.8 Å². The molecular weight excluding hydrogens is 240 g/mol. The van der Waals surface area contributed by atoms with Gasteiger partial charge in [-0.2, -0.15) is 0 Å². The molecule has 0 atom stereocenters. The van der Waals surface area contributed by atoms with Crippen molar-refractivity contribution < 1.29 is 9.53 Å². The fourth-order valence-corrected chi connectivity index (χ4v) is 1.44. The van der Waals surface area contributed by atoms with Gasteiger partial charge in [-0.1, -0.05) is 23.7 Å². The summed E-state index contributed by atoms with van der Waals surface area (Å²) in [5.74, 6) is 0.369. The van der Waals surface area contributed by atoms with Crippen molar-refractivity contribution in [3.8, 4) is 5.75 Å². The second kappa shape index (κ2) is 7.92. The van der Waals surface area contributed by atoms with Crippen LogP contribution in [-0.4, -0.2) is 25.6 Å². The third kappa shape index (κ3) is 5.56. The van der Waals surface area contributed by atoms with E-state index >= 15 is 0 Å². The molecule has 0 aliphatic rings. The Morgan fingerprint density at radius 3 is 2.82 bits per heavy atom. The average Bonchev–Trinajstić information content (AvgIpc) is 2.34. The maximum Gasteiger partial charge on any atom is 0.257 e. The summed E-state index contributed by atoms with van der Waals surface area (Å²) in [6.07, 6.45) is 1.79. The van der Waals surface area contributed by atoms with E-state index in [9.17, 15) is 4.79 Å². The van der Waals surface area contributed by atoms with Crippen LogP contribution in [0.1, 0.15) is 12.8 Å². The predicted molar refractivity (Wildman–Crippen MR) is 68.2 cm³/mol. The Kier molecular flexibility index (Phi) is 6.43. The topological polar surface area (TPSA) is 64.3 Å². The van der Waals surface area contributed by atoms with E-state index < -0.39 is 0 Å². The normalized spacial score (nSPS) is 10.0. The third-order valence-corrected chi connectivity index (χ3v) is 2.46. The fraction of sp³-hybridized carbons (Fsp3) is 0.417. The molecular formula is C12H17ClN2O2. The molecule has 0 unspecified atom stereocenters. The summed E-state index contributed by atoms with van der Waals surface area (Å²) >= 11 is 5.88. The molecule has 0 spiro atoms. The van der Waals surface area contributed by atoms with Gasteiger partial charge in [-0.05, 0) is 31.5 Å². The first-order chi connectivity index (χ1) is 8.24. The Morgan fingerprint density at radius 1 is 1.35 bits per heavy atom. The van der Waals surface area contributed by atoms with Crippen LogP contribution in [0.5, 0.6) is 5.75 Å². The first-order valence-corrected chi connectivity index (χ1v) is 5.96. The zero-order valence-electron chi connectivity index (χ0n) is 9.62. The summed E-state index contributed by atoms with van der Waals surface area (Å²) in [5.41, 5.74) is 5.34. The van der Waals surface area contributed by atoms with Crippen LogP contribution in [0, 0.1) is 0 Å². The molecule has 1 rings (SSSR count). The average molecular weight is 257 g/mol. The predicted octanol–water partition coefficient (Wildman–Crippen LogP) is 1.57. The molecule has 3 N–H and O–H groups in total. The molecule has 0 radical (unpaired) electrons. The van der Waals surface area contributed by atoms with Crippen LogP contribution in [0.25, 0.3) is 0 Å². The van der Waals surface area contributed by atoms with E-state index in [-0.39, 0.29) is 12.5 Å². The molecule has 0 saturated heterocycles. The van der Waals surface area contributed by atoms with Gasteiger partial charge in [0.25, 0.3) is 5.91 Å². The lowest BCUT2D eigenvalue weighted by Crippen LogP contribution is -2.29. The number of hydrogen-bond acceptors (Lipinski definition) is 3. The molecule has 1 amide bonds. The lowest BCUT2D eigenvalue weighted by atomic mass is 10.3. The molecule has 0 fully saturated rings. The molecule has 0 aromatic heterocycles. The van der Waals surface area contributed by atoms with Crippen molar-refractivity contribution in [3.63, 3.8) is 0 Å². The number of hydrogen-bond donors (Lipinski definition) is 2. The Hall–Kier alpha value is -1.26. The van der Waals surface area contributed by atoms with E-state index in [2.05, 4.69) is 5.32 Å². The molecule has 0 aliphatic carbocycles. The molecule has 1 aromatic carbocycles. The number of carbonyl (C=O) groups excluding carboxylic acids is 1. The van der Waals surface area contributed by atoms with Crippen LogP contribution in [0.2, 0.25) is 5.02 Å². The lowest BCUT2D eigenvalue weighted by molar-refractivity contribution is -0.123. The highest BCUT2D eigenvalue weighted by atomic mass is 35.5. The molecule has 0 heterocycles. The maximum atomic E-state index is 11.4. The van der Waals surface area contributed by atoms with Crippen molar-refractivity contribution in [2.75, 3.05) is 19.7 Å². The van der Waals surface area contributed by atoms with Gasteiger partial charge < -0.3 is 15.8 Å². The minimum Gasteiger partial charge on any atom is -0.482 e. The molecule has 94 valence electrons. The number of nitrogens with two attached hydrogens (primary N) is 1. The van der Waals surface area contributed by atoms with Crippen LogP contribution in [0.4, 0.5) is 0 Å². The number of unbranched alkanes of at least 4 members (excludes halogenated alkanes) is 1. The Morgan fingerprint density at radius 2 is 2.12 bits per heavy atom. The standard InChI is InChI=1S/C12H17ClN2O2/c13-10-5-1-2-6-11(10)17-9-12(16)15-8-4-3-7-14/h1-2,5-6H,3-4,7-9,14H2,(H,15,16). The smallest absolute Gasteiger partial charge is 0.257 e. The van der Waals surface area contributed by atoms with Crippen molar-refractivity contribution in [2.24, 2.45) is 5.73 Å². The van der Waals surface area contributed by atoms with Crippen LogP contribution in [0.3, 0.4) is 0 Å². The minimum atomic E-state index is -0.151. The molecule has 5 heteroatoms. The van der Waals surface area contributed by atoms with Crippen LogP contribution < -0.4 is 15.8 Å². The van der Waals surface area contributed by atoms with Gasteiger partial charge in [0.1, 0.15) is 5.75 Å². The van der Waals surface area contributed by atoms with Gasteiger partial charge in [-0.25, -0.2) is 0 Å². The SMILES string of the molecule is NCCCCNC(=O)COc1ccccc1Cl. The second-order valence-corrected chi connectivity index (χ2v) is 3.97. The fourth-order valence-electron chi connectivity index (χ4n) is 1.25. The first kappa shape index (κ1) is 13.8. The zero-order chi connectivity index (χ0) is 12.5. The summed E-state index contributed by atoms with van der Waals surface area (Å²) in [7, 11) is 0. The number of amides is 1. The molecule has 0 saturated carbocycles. The Labute approximate surface area is 106 Å². The van der Waals surface area contributed by atoms with Crippen molar-refractivity contribution in [3.05, 3.63) is 29.3 Å². The van der Waals surface area contributed by atoms with E-state index in [4.69, 9.17) is 22.1 Å². The van der Waals surface area contributed by atoms with Gasteiger partial charge in [0.05, 0.1) is 5.02 Å². The monoisotopic (exact) mass is 256 g/mol. The maximum absolute atomic E-state index is 11.4. The Balaban J connectivity index is 2.22. The van der Waals surface area contributed by atoms with Gasteiger partial charge in [-0.3, -0.25) is 4.79 Å². The molecule has 4 nitrogen and oxygen atoms in total. The Bertz CT molecular complexity index is 358. The second-order valence-electron chi connectivity index (χ2n) is 3.56.